The second-order valence-electron chi connectivity index (χ2n) is 5.16. The van der Waals surface area contributed by atoms with Crippen molar-refractivity contribution in [1.29, 1.82) is 0 Å². The van der Waals surface area contributed by atoms with Crippen LogP contribution in [0.25, 0.3) is 0 Å². The summed E-state index contributed by atoms with van der Waals surface area (Å²) >= 11 is 0. The molecule has 20 heavy (non-hydrogen) atoms. The van der Waals surface area contributed by atoms with Gasteiger partial charge in [0.25, 0.3) is 5.91 Å². The minimum atomic E-state index is -0.310. The molecule has 0 aromatic carbocycles. The van der Waals surface area contributed by atoms with E-state index in [1.165, 1.54) is 0 Å². The van der Waals surface area contributed by atoms with Gasteiger partial charge in [0.15, 0.2) is 0 Å². The van der Waals surface area contributed by atoms with Gasteiger partial charge in [0, 0.05) is 19.7 Å². The van der Waals surface area contributed by atoms with E-state index in [9.17, 15) is 4.79 Å². The van der Waals surface area contributed by atoms with Gasteiger partial charge in [0.1, 0.15) is 6.10 Å². The summed E-state index contributed by atoms with van der Waals surface area (Å²) in [6.45, 7) is 15.9. The average molecular weight is 286 g/mol. The van der Waals surface area contributed by atoms with Crippen molar-refractivity contribution in [2.45, 2.75) is 60.0 Å². The Labute approximate surface area is 125 Å². The third-order valence-electron chi connectivity index (χ3n) is 3.70. The van der Waals surface area contributed by atoms with Gasteiger partial charge in [-0.3, -0.25) is 4.79 Å². The van der Waals surface area contributed by atoms with E-state index in [4.69, 9.17) is 4.74 Å². The first-order valence-electron chi connectivity index (χ1n) is 8.23. The van der Waals surface area contributed by atoms with Crippen LogP contribution in [0.1, 0.15) is 53.9 Å². The Morgan fingerprint density at radius 1 is 1.00 bits per heavy atom. The summed E-state index contributed by atoms with van der Waals surface area (Å²) in [6, 6.07) is 0. The number of rotatable bonds is 12. The highest BCUT2D eigenvalue weighted by atomic mass is 16.5. The van der Waals surface area contributed by atoms with Gasteiger partial charge >= 0.3 is 0 Å². The van der Waals surface area contributed by atoms with Gasteiger partial charge in [0.2, 0.25) is 0 Å². The maximum Gasteiger partial charge on any atom is 0.251 e. The van der Waals surface area contributed by atoms with Crippen LogP contribution in [0.4, 0.5) is 0 Å². The number of carbonyl (C=O) groups excluding carboxylic acids is 1. The molecule has 0 N–H and O–H groups in total. The summed E-state index contributed by atoms with van der Waals surface area (Å²) in [7, 11) is 0. The maximum absolute atomic E-state index is 12.3. The lowest BCUT2D eigenvalue weighted by Gasteiger charge is -2.26. The van der Waals surface area contributed by atoms with Gasteiger partial charge in [0.05, 0.1) is 0 Å². The van der Waals surface area contributed by atoms with Crippen molar-refractivity contribution in [2.24, 2.45) is 0 Å². The molecule has 120 valence electrons. The summed E-state index contributed by atoms with van der Waals surface area (Å²) in [5.41, 5.74) is 0. The molecule has 0 aliphatic heterocycles. The fourth-order valence-electron chi connectivity index (χ4n) is 2.18. The molecule has 0 aliphatic rings. The molecule has 0 aromatic heterocycles. The molecule has 0 fully saturated rings. The minimum Gasteiger partial charge on any atom is -0.369 e. The summed E-state index contributed by atoms with van der Waals surface area (Å²) < 4.78 is 5.60. The molecule has 0 heterocycles. The number of hydrogen-bond donors (Lipinski definition) is 0. The van der Waals surface area contributed by atoms with Crippen LogP contribution in [-0.2, 0) is 9.53 Å². The molecule has 1 atom stereocenters. The molecular weight excluding hydrogens is 252 g/mol. The zero-order valence-electron chi connectivity index (χ0n) is 14.2. The molecule has 4 heteroatoms. The van der Waals surface area contributed by atoms with Crippen LogP contribution in [0.15, 0.2) is 0 Å². The van der Waals surface area contributed by atoms with Crippen molar-refractivity contribution in [3.05, 3.63) is 0 Å². The quantitative estimate of drug-likeness (QED) is 0.517. The number of hydrogen-bond acceptors (Lipinski definition) is 3. The molecule has 1 amide bonds. The summed E-state index contributed by atoms with van der Waals surface area (Å²) in [4.78, 5) is 16.6. The second-order valence-corrected chi connectivity index (χ2v) is 5.16. The molecule has 0 spiro atoms. The molecule has 0 aromatic rings. The first-order valence-corrected chi connectivity index (χ1v) is 8.23. The Hall–Kier alpha value is -0.610. The number of amides is 1. The smallest absolute Gasteiger partial charge is 0.251 e. The van der Waals surface area contributed by atoms with Crippen molar-refractivity contribution >= 4 is 5.91 Å². The van der Waals surface area contributed by atoms with Crippen molar-refractivity contribution in [3.8, 4) is 0 Å². The molecule has 0 unspecified atom stereocenters. The highest BCUT2D eigenvalue weighted by molar-refractivity contribution is 5.80. The topological polar surface area (TPSA) is 32.8 Å². The van der Waals surface area contributed by atoms with Crippen LogP contribution in [0, 0.1) is 0 Å². The van der Waals surface area contributed by atoms with Crippen LogP contribution in [0.2, 0.25) is 0 Å². The van der Waals surface area contributed by atoms with Crippen molar-refractivity contribution < 1.29 is 9.53 Å². The Morgan fingerprint density at radius 3 is 2.15 bits per heavy atom. The largest absolute Gasteiger partial charge is 0.369 e. The van der Waals surface area contributed by atoms with Crippen LogP contribution < -0.4 is 0 Å². The third kappa shape index (κ3) is 7.85. The molecule has 0 saturated carbocycles. The van der Waals surface area contributed by atoms with Crippen molar-refractivity contribution in [3.63, 3.8) is 0 Å². The summed E-state index contributed by atoms with van der Waals surface area (Å²) in [6.07, 6.45) is 2.84. The predicted molar refractivity (Wildman–Crippen MR) is 85.0 cm³/mol. The first-order chi connectivity index (χ1) is 9.60. The van der Waals surface area contributed by atoms with E-state index in [1.807, 2.05) is 18.7 Å². The van der Waals surface area contributed by atoms with Gasteiger partial charge in [-0.25, -0.2) is 0 Å². The highest BCUT2D eigenvalue weighted by Gasteiger charge is 2.19. The summed E-state index contributed by atoms with van der Waals surface area (Å²) in [5.74, 6) is 0.128. The van der Waals surface area contributed by atoms with Crippen LogP contribution in [-0.4, -0.2) is 61.1 Å². The van der Waals surface area contributed by atoms with E-state index < -0.39 is 0 Å². The zero-order chi connectivity index (χ0) is 15.4. The first kappa shape index (κ1) is 19.4. The van der Waals surface area contributed by atoms with Gasteiger partial charge in [-0.2, -0.15) is 0 Å². The number of nitrogens with zero attached hydrogens (tertiary/aromatic N) is 2. The third-order valence-corrected chi connectivity index (χ3v) is 3.70. The molecular formula is C16H34N2O2. The van der Waals surface area contributed by atoms with E-state index in [-0.39, 0.29) is 12.0 Å². The van der Waals surface area contributed by atoms with Crippen LogP contribution in [0.3, 0.4) is 0 Å². The van der Waals surface area contributed by atoms with E-state index >= 15 is 0 Å². The van der Waals surface area contributed by atoms with E-state index in [0.717, 1.165) is 52.0 Å². The summed E-state index contributed by atoms with van der Waals surface area (Å²) in [5, 5.41) is 0. The molecule has 0 rings (SSSR count). The second kappa shape index (κ2) is 12.2. The zero-order valence-corrected chi connectivity index (χ0v) is 14.2. The van der Waals surface area contributed by atoms with E-state index in [0.29, 0.717) is 6.61 Å². The van der Waals surface area contributed by atoms with E-state index in [2.05, 4.69) is 25.7 Å². The normalized spacial score (nSPS) is 12.7. The average Bonchev–Trinajstić information content (AvgIpc) is 2.47. The lowest BCUT2D eigenvalue weighted by atomic mass is 10.3. The fraction of sp³-hybridized carbons (Fsp3) is 0.938. The fourth-order valence-corrected chi connectivity index (χ4v) is 2.18. The van der Waals surface area contributed by atoms with Gasteiger partial charge in [-0.05, 0) is 46.3 Å². The van der Waals surface area contributed by atoms with Crippen LogP contribution >= 0.6 is 0 Å². The lowest BCUT2D eigenvalue weighted by Crippen LogP contribution is -2.40. The van der Waals surface area contributed by atoms with Crippen molar-refractivity contribution in [2.75, 3.05) is 39.3 Å². The highest BCUT2D eigenvalue weighted by Crippen LogP contribution is 2.03. The molecule has 0 radical (unpaired) electrons. The lowest BCUT2D eigenvalue weighted by molar-refractivity contribution is -0.142. The number of ether oxygens (including phenoxy) is 1. The maximum atomic E-state index is 12.3. The van der Waals surface area contributed by atoms with Gasteiger partial charge in [-0.1, -0.05) is 27.2 Å². The Bertz CT molecular complexity index is 243. The SMILES string of the molecule is CCCCO[C@H](C)C(=O)N(CC)CCCN(CC)CC. The van der Waals surface area contributed by atoms with E-state index in [1.54, 1.807) is 0 Å². The Balaban J connectivity index is 4.07. The van der Waals surface area contributed by atoms with Gasteiger partial charge < -0.3 is 14.5 Å². The molecule has 4 nitrogen and oxygen atoms in total. The molecule has 0 aliphatic carbocycles. The number of unbranched alkanes of at least 4 members (excludes halogenated alkanes) is 1. The standard InChI is InChI=1S/C16H34N2O2/c1-6-10-14-20-15(5)16(19)18(9-4)13-11-12-17(7-2)8-3/h15H,6-14H2,1-5H3/t15-/m1/s1. The predicted octanol–water partition coefficient (Wildman–Crippen LogP) is 2.77. The monoisotopic (exact) mass is 286 g/mol. The number of carbonyl (C=O) groups is 1. The molecule has 0 saturated heterocycles. The van der Waals surface area contributed by atoms with Crippen molar-refractivity contribution in [1.82, 2.24) is 9.80 Å². The minimum absolute atomic E-state index is 0.128. The van der Waals surface area contributed by atoms with Gasteiger partial charge in [-0.15, -0.1) is 0 Å². The molecule has 0 bridgehead atoms. The Kier molecular flexibility index (Phi) is 11.8. The number of likely N-dealkylation sites (N-methyl/N-ethyl adjacent to an activating group) is 1. The Morgan fingerprint density at radius 2 is 1.65 bits per heavy atom. The van der Waals surface area contributed by atoms with Crippen LogP contribution in [0.5, 0.6) is 0 Å².